The van der Waals surface area contributed by atoms with E-state index in [1.54, 1.807) is 21.0 Å². The zero-order valence-electron chi connectivity index (χ0n) is 8.89. The van der Waals surface area contributed by atoms with Crippen LogP contribution in [0.3, 0.4) is 0 Å². The van der Waals surface area contributed by atoms with E-state index in [9.17, 15) is 4.79 Å². The predicted molar refractivity (Wildman–Crippen MR) is 52.4 cm³/mol. The fraction of sp³-hybridized carbons (Fsp3) is 0.889. The van der Waals surface area contributed by atoms with Crippen molar-refractivity contribution in [2.75, 3.05) is 13.7 Å². The molecule has 78 valence electrons. The Labute approximate surface area is 79.8 Å². The first-order valence-electron chi connectivity index (χ1n) is 4.46. The third-order valence-electron chi connectivity index (χ3n) is 1.98. The molecule has 0 aliphatic heterocycles. The maximum Gasteiger partial charge on any atom is 0.237 e. The summed E-state index contributed by atoms with van der Waals surface area (Å²) in [6.45, 7) is 6.24. The molecular weight excluding hydrogens is 168 g/mol. The molecule has 0 aromatic carbocycles. The number of nitrogens with one attached hydrogen (secondary N) is 1. The standard InChI is InChI=1S/C9H20N2O2/c1-7(5-6-13-4)11-9(2,3)8(10)12/h7,11H,5-6H2,1-4H3,(H2,10,12). The lowest BCUT2D eigenvalue weighted by atomic mass is 10.0. The van der Waals surface area contributed by atoms with E-state index in [0.29, 0.717) is 6.61 Å². The van der Waals surface area contributed by atoms with Gasteiger partial charge in [0.1, 0.15) is 0 Å². The van der Waals surface area contributed by atoms with Crippen molar-refractivity contribution in [2.24, 2.45) is 5.73 Å². The van der Waals surface area contributed by atoms with Crippen LogP contribution in [0.2, 0.25) is 0 Å². The first kappa shape index (κ1) is 12.4. The highest BCUT2D eigenvalue weighted by atomic mass is 16.5. The fourth-order valence-electron chi connectivity index (χ4n) is 1.05. The topological polar surface area (TPSA) is 64.3 Å². The third-order valence-corrected chi connectivity index (χ3v) is 1.98. The summed E-state index contributed by atoms with van der Waals surface area (Å²) >= 11 is 0. The van der Waals surface area contributed by atoms with Crippen molar-refractivity contribution in [3.63, 3.8) is 0 Å². The summed E-state index contributed by atoms with van der Waals surface area (Å²) in [4.78, 5) is 11.0. The normalized spacial score (nSPS) is 14.2. The number of nitrogens with two attached hydrogens (primary N) is 1. The lowest BCUT2D eigenvalue weighted by Crippen LogP contribution is -2.54. The van der Waals surface area contributed by atoms with E-state index < -0.39 is 5.54 Å². The third kappa shape index (κ3) is 4.85. The average molecular weight is 188 g/mol. The van der Waals surface area contributed by atoms with Gasteiger partial charge in [0.15, 0.2) is 0 Å². The van der Waals surface area contributed by atoms with Gasteiger partial charge in [-0.2, -0.15) is 0 Å². The highest BCUT2D eigenvalue weighted by Gasteiger charge is 2.25. The summed E-state index contributed by atoms with van der Waals surface area (Å²) < 4.78 is 4.93. The van der Waals surface area contributed by atoms with Gasteiger partial charge in [-0.1, -0.05) is 0 Å². The van der Waals surface area contributed by atoms with Crippen LogP contribution < -0.4 is 11.1 Å². The van der Waals surface area contributed by atoms with Gasteiger partial charge in [0, 0.05) is 19.8 Å². The van der Waals surface area contributed by atoms with E-state index in [1.807, 2.05) is 6.92 Å². The predicted octanol–water partition coefficient (Wildman–Crippen LogP) is 0.265. The summed E-state index contributed by atoms with van der Waals surface area (Å²) in [6.07, 6.45) is 0.868. The molecule has 0 heterocycles. The molecule has 0 saturated carbocycles. The molecule has 0 radical (unpaired) electrons. The van der Waals surface area contributed by atoms with Crippen LogP contribution in [0.15, 0.2) is 0 Å². The molecule has 0 aliphatic rings. The minimum Gasteiger partial charge on any atom is -0.385 e. The van der Waals surface area contributed by atoms with Crippen LogP contribution in [0.1, 0.15) is 27.2 Å². The fourth-order valence-corrected chi connectivity index (χ4v) is 1.05. The lowest BCUT2D eigenvalue weighted by molar-refractivity contribution is -0.123. The number of rotatable bonds is 6. The van der Waals surface area contributed by atoms with Crippen LogP contribution in [0.25, 0.3) is 0 Å². The van der Waals surface area contributed by atoms with Gasteiger partial charge in [0.2, 0.25) is 5.91 Å². The van der Waals surface area contributed by atoms with Gasteiger partial charge in [0.25, 0.3) is 0 Å². The first-order valence-corrected chi connectivity index (χ1v) is 4.46. The van der Waals surface area contributed by atoms with Crippen LogP contribution in [0.5, 0.6) is 0 Å². The number of carbonyl (C=O) groups excluding carboxylic acids is 1. The first-order chi connectivity index (χ1) is 5.90. The number of hydrogen-bond donors (Lipinski definition) is 2. The number of methoxy groups -OCH3 is 1. The molecule has 0 aromatic rings. The van der Waals surface area contributed by atoms with Crippen molar-refractivity contribution in [3.05, 3.63) is 0 Å². The molecule has 0 saturated heterocycles. The molecule has 0 spiro atoms. The van der Waals surface area contributed by atoms with E-state index in [-0.39, 0.29) is 11.9 Å². The number of hydrogen-bond acceptors (Lipinski definition) is 3. The molecule has 0 rings (SSSR count). The summed E-state index contributed by atoms with van der Waals surface area (Å²) in [7, 11) is 1.66. The van der Waals surface area contributed by atoms with Crippen LogP contribution in [0, 0.1) is 0 Å². The van der Waals surface area contributed by atoms with E-state index in [1.165, 1.54) is 0 Å². The molecule has 4 nitrogen and oxygen atoms in total. The Morgan fingerprint density at radius 3 is 2.54 bits per heavy atom. The van der Waals surface area contributed by atoms with Crippen molar-refractivity contribution in [1.29, 1.82) is 0 Å². The van der Waals surface area contributed by atoms with E-state index in [2.05, 4.69) is 5.32 Å². The second-order valence-electron chi connectivity index (χ2n) is 3.82. The molecule has 0 bridgehead atoms. The number of primary amides is 1. The molecule has 1 unspecified atom stereocenters. The second-order valence-corrected chi connectivity index (χ2v) is 3.82. The van der Waals surface area contributed by atoms with Crippen molar-refractivity contribution < 1.29 is 9.53 Å². The van der Waals surface area contributed by atoms with Crippen LogP contribution in [-0.4, -0.2) is 31.2 Å². The van der Waals surface area contributed by atoms with Gasteiger partial charge in [0.05, 0.1) is 5.54 Å². The van der Waals surface area contributed by atoms with Crippen molar-refractivity contribution in [3.8, 4) is 0 Å². The summed E-state index contributed by atoms with van der Waals surface area (Å²) in [5.41, 5.74) is 4.57. The monoisotopic (exact) mass is 188 g/mol. The highest BCUT2D eigenvalue weighted by Crippen LogP contribution is 2.04. The quantitative estimate of drug-likeness (QED) is 0.628. The molecule has 13 heavy (non-hydrogen) atoms. The summed E-state index contributed by atoms with van der Waals surface area (Å²) in [5, 5.41) is 3.14. The Hall–Kier alpha value is -0.610. The van der Waals surface area contributed by atoms with E-state index >= 15 is 0 Å². The molecule has 1 amide bonds. The lowest BCUT2D eigenvalue weighted by Gasteiger charge is -2.26. The largest absolute Gasteiger partial charge is 0.385 e. The Morgan fingerprint density at radius 1 is 1.62 bits per heavy atom. The zero-order valence-corrected chi connectivity index (χ0v) is 8.89. The number of amides is 1. The van der Waals surface area contributed by atoms with Gasteiger partial charge < -0.3 is 15.8 Å². The Kier molecular flexibility index (Phi) is 4.95. The van der Waals surface area contributed by atoms with E-state index in [4.69, 9.17) is 10.5 Å². The van der Waals surface area contributed by atoms with Gasteiger partial charge in [-0.25, -0.2) is 0 Å². The van der Waals surface area contributed by atoms with Crippen molar-refractivity contribution >= 4 is 5.91 Å². The van der Waals surface area contributed by atoms with Gasteiger partial charge in [-0.05, 0) is 27.2 Å². The molecule has 0 aromatic heterocycles. The SMILES string of the molecule is COCCC(C)NC(C)(C)C(N)=O. The smallest absolute Gasteiger partial charge is 0.237 e. The van der Waals surface area contributed by atoms with Crippen molar-refractivity contribution in [2.45, 2.75) is 38.8 Å². The van der Waals surface area contributed by atoms with Crippen LogP contribution in [-0.2, 0) is 9.53 Å². The number of carbonyl (C=O) groups is 1. The van der Waals surface area contributed by atoms with Gasteiger partial charge in [-0.3, -0.25) is 4.79 Å². The van der Waals surface area contributed by atoms with Crippen LogP contribution >= 0.6 is 0 Å². The molecule has 1 atom stereocenters. The van der Waals surface area contributed by atoms with E-state index in [0.717, 1.165) is 6.42 Å². The highest BCUT2D eigenvalue weighted by molar-refractivity contribution is 5.83. The maximum atomic E-state index is 11.0. The molecule has 0 fully saturated rings. The summed E-state index contributed by atoms with van der Waals surface area (Å²) in [5.74, 6) is -0.336. The average Bonchev–Trinajstić information content (AvgIpc) is 1.99. The zero-order chi connectivity index (χ0) is 10.5. The summed E-state index contributed by atoms with van der Waals surface area (Å²) in [6, 6.07) is 0.224. The molecular formula is C9H20N2O2. The van der Waals surface area contributed by atoms with Crippen molar-refractivity contribution in [1.82, 2.24) is 5.32 Å². The minimum absolute atomic E-state index is 0.224. The Bertz CT molecular complexity index is 169. The Morgan fingerprint density at radius 2 is 2.15 bits per heavy atom. The molecule has 3 N–H and O–H groups in total. The van der Waals surface area contributed by atoms with Gasteiger partial charge >= 0.3 is 0 Å². The second kappa shape index (κ2) is 5.19. The maximum absolute atomic E-state index is 11.0. The number of ether oxygens (including phenoxy) is 1. The molecule has 0 aliphatic carbocycles. The molecule has 4 heteroatoms. The van der Waals surface area contributed by atoms with Crippen LogP contribution in [0.4, 0.5) is 0 Å². The minimum atomic E-state index is -0.646. The van der Waals surface area contributed by atoms with Gasteiger partial charge in [-0.15, -0.1) is 0 Å². The Balaban J connectivity index is 3.89.